The fourth-order valence-electron chi connectivity index (χ4n) is 3.30. The van der Waals surface area contributed by atoms with Crippen LogP contribution in [0.3, 0.4) is 0 Å². The Hall–Kier alpha value is -1.88. The molecule has 0 bridgehead atoms. The number of benzene rings is 1. The highest BCUT2D eigenvalue weighted by atomic mass is 16.5. The molecular formula is C20H30N2O3. The van der Waals surface area contributed by atoms with Crippen LogP contribution in [0.25, 0.3) is 0 Å². The molecule has 0 unspecified atom stereocenters. The van der Waals surface area contributed by atoms with Crippen molar-refractivity contribution in [3.63, 3.8) is 0 Å². The molecule has 0 spiro atoms. The lowest BCUT2D eigenvalue weighted by Crippen LogP contribution is -2.51. The summed E-state index contributed by atoms with van der Waals surface area (Å²) >= 11 is 0. The number of carbonyl (C=O) groups is 2. The molecule has 0 radical (unpaired) electrons. The number of likely N-dealkylation sites (tertiary alicyclic amines) is 1. The smallest absolute Gasteiger partial charge is 0.306 e. The van der Waals surface area contributed by atoms with E-state index in [2.05, 4.69) is 46.1 Å². The van der Waals surface area contributed by atoms with E-state index in [-0.39, 0.29) is 24.3 Å². The van der Waals surface area contributed by atoms with Crippen molar-refractivity contribution in [1.29, 1.82) is 0 Å². The number of methoxy groups -OCH3 is 1. The van der Waals surface area contributed by atoms with Crippen molar-refractivity contribution in [2.75, 3.05) is 13.7 Å². The summed E-state index contributed by atoms with van der Waals surface area (Å²) < 4.78 is 4.69. The molecule has 1 saturated heterocycles. The van der Waals surface area contributed by atoms with Crippen LogP contribution < -0.4 is 5.32 Å². The average Bonchev–Trinajstić information content (AvgIpc) is 2.57. The molecule has 1 aliphatic rings. The van der Waals surface area contributed by atoms with Gasteiger partial charge in [-0.25, -0.2) is 0 Å². The second kappa shape index (κ2) is 8.48. The van der Waals surface area contributed by atoms with Gasteiger partial charge in [-0.3, -0.25) is 14.5 Å². The predicted molar refractivity (Wildman–Crippen MR) is 97.9 cm³/mol. The van der Waals surface area contributed by atoms with Crippen LogP contribution >= 0.6 is 0 Å². The van der Waals surface area contributed by atoms with Gasteiger partial charge in [0.25, 0.3) is 0 Å². The summed E-state index contributed by atoms with van der Waals surface area (Å²) in [7, 11) is 1.35. The summed E-state index contributed by atoms with van der Waals surface area (Å²) in [6.07, 6.45) is 1.95. The molecule has 0 aliphatic carbocycles. The SMILES string of the molecule is COC(=O)CC(C)(C)C(=O)N[C@H]1CCN(Cc2ccccc2)[C@H](C)C1. The zero-order chi connectivity index (χ0) is 18.4. The molecule has 25 heavy (non-hydrogen) atoms. The van der Waals surface area contributed by atoms with Crippen molar-refractivity contribution in [2.45, 2.75) is 58.7 Å². The molecule has 1 heterocycles. The molecule has 0 saturated carbocycles. The molecule has 1 aromatic carbocycles. The van der Waals surface area contributed by atoms with Gasteiger partial charge in [-0.2, -0.15) is 0 Å². The standard InChI is InChI=1S/C20H30N2O3/c1-15-12-17(21-19(24)20(2,3)13-18(23)25-4)10-11-22(15)14-16-8-6-5-7-9-16/h5-9,15,17H,10-14H2,1-4H3,(H,21,24)/t15-,17+/m1/s1. The first-order valence-corrected chi connectivity index (χ1v) is 8.97. The normalized spacial score (nSPS) is 21.6. The van der Waals surface area contributed by atoms with Crippen LogP contribution in [-0.4, -0.2) is 42.5 Å². The highest BCUT2D eigenvalue weighted by molar-refractivity contribution is 5.86. The Balaban J connectivity index is 1.86. The third-order valence-corrected chi connectivity index (χ3v) is 5.01. The van der Waals surface area contributed by atoms with Gasteiger partial charge in [-0.1, -0.05) is 44.2 Å². The van der Waals surface area contributed by atoms with Gasteiger partial charge in [-0.15, -0.1) is 0 Å². The lowest BCUT2D eigenvalue weighted by molar-refractivity contribution is -0.147. The maximum Gasteiger partial charge on any atom is 0.306 e. The molecule has 1 fully saturated rings. The summed E-state index contributed by atoms with van der Waals surface area (Å²) in [5.41, 5.74) is 0.563. The van der Waals surface area contributed by atoms with Crippen molar-refractivity contribution in [1.82, 2.24) is 10.2 Å². The summed E-state index contributed by atoms with van der Waals surface area (Å²) in [5, 5.41) is 3.13. The van der Waals surface area contributed by atoms with E-state index in [0.29, 0.717) is 6.04 Å². The maximum atomic E-state index is 12.5. The minimum absolute atomic E-state index is 0.0772. The zero-order valence-corrected chi connectivity index (χ0v) is 15.7. The van der Waals surface area contributed by atoms with E-state index >= 15 is 0 Å². The van der Waals surface area contributed by atoms with E-state index in [9.17, 15) is 9.59 Å². The van der Waals surface area contributed by atoms with Crippen LogP contribution in [0, 0.1) is 5.41 Å². The van der Waals surface area contributed by atoms with E-state index in [1.165, 1.54) is 12.7 Å². The molecule has 0 aromatic heterocycles. The van der Waals surface area contributed by atoms with Gasteiger partial charge in [0, 0.05) is 25.2 Å². The molecule has 2 rings (SSSR count). The highest BCUT2D eigenvalue weighted by Crippen LogP contribution is 2.24. The second-order valence-electron chi connectivity index (χ2n) is 7.64. The fraction of sp³-hybridized carbons (Fsp3) is 0.600. The Bertz CT molecular complexity index is 586. The van der Waals surface area contributed by atoms with E-state index < -0.39 is 5.41 Å². The number of hydrogen-bond acceptors (Lipinski definition) is 4. The number of ether oxygens (including phenoxy) is 1. The molecule has 5 heteroatoms. The third-order valence-electron chi connectivity index (χ3n) is 5.01. The first kappa shape index (κ1) is 19.4. The average molecular weight is 346 g/mol. The van der Waals surface area contributed by atoms with Gasteiger partial charge >= 0.3 is 5.97 Å². The predicted octanol–water partition coefficient (Wildman–Crippen LogP) is 2.75. The minimum atomic E-state index is -0.752. The molecule has 5 nitrogen and oxygen atoms in total. The number of nitrogens with one attached hydrogen (secondary N) is 1. The van der Waals surface area contributed by atoms with Crippen LogP contribution in [0.15, 0.2) is 30.3 Å². The Morgan fingerprint density at radius 2 is 1.96 bits per heavy atom. The van der Waals surface area contributed by atoms with Crippen LogP contribution in [0.4, 0.5) is 0 Å². The van der Waals surface area contributed by atoms with Crippen LogP contribution in [0.2, 0.25) is 0 Å². The summed E-state index contributed by atoms with van der Waals surface area (Å²) in [4.78, 5) is 26.5. The Kier molecular flexibility index (Phi) is 6.59. The van der Waals surface area contributed by atoms with Crippen LogP contribution in [0.5, 0.6) is 0 Å². The first-order chi connectivity index (χ1) is 11.8. The Morgan fingerprint density at radius 3 is 2.56 bits per heavy atom. The quantitative estimate of drug-likeness (QED) is 0.805. The monoisotopic (exact) mass is 346 g/mol. The number of rotatable bonds is 6. The van der Waals surface area contributed by atoms with Gasteiger partial charge in [0.1, 0.15) is 0 Å². The van der Waals surface area contributed by atoms with Gasteiger partial charge in [0.05, 0.1) is 18.9 Å². The van der Waals surface area contributed by atoms with E-state index in [1.54, 1.807) is 13.8 Å². The van der Waals surface area contributed by atoms with Gasteiger partial charge in [0.2, 0.25) is 5.91 Å². The van der Waals surface area contributed by atoms with Crippen molar-refractivity contribution in [3.8, 4) is 0 Å². The van der Waals surface area contributed by atoms with E-state index in [1.807, 2.05) is 6.07 Å². The number of carbonyl (C=O) groups excluding carboxylic acids is 2. The molecule has 2 atom stereocenters. The summed E-state index contributed by atoms with van der Waals surface area (Å²) in [6, 6.07) is 11.0. The van der Waals surface area contributed by atoms with Crippen LogP contribution in [-0.2, 0) is 20.9 Å². The highest BCUT2D eigenvalue weighted by Gasteiger charge is 2.34. The lowest BCUT2D eigenvalue weighted by atomic mass is 9.87. The molecule has 1 amide bonds. The summed E-state index contributed by atoms with van der Waals surface area (Å²) in [5.74, 6) is -0.433. The summed E-state index contributed by atoms with van der Waals surface area (Å²) in [6.45, 7) is 7.68. The maximum absolute atomic E-state index is 12.5. The molecule has 138 valence electrons. The van der Waals surface area contributed by atoms with E-state index in [4.69, 9.17) is 0 Å². The largest absolute Gasteiger partial charge is 0.469 e. The van der Waals surface area contributed by atoms with Crippen molar-refractivity contribution in [3.05, 3.63) is 35.9 Å². The number of piperidine rings is 1. The van der Waals surface area contributed by atoms with Crippen molar-refractivity contribution in [2.24, 2.45) is 5.41 Å². The Labute approximate surface area is 150 Å². The number of esters is 1. The molecule has 1 aliphatic heterocycles. The minimum Gasteiger partial charge on any atom is -0.469 e. The van der Waals surface area contributed by atoms with Crippen molar-refractivity contribution < 1.29 is 14.3 Å². The molecule has 1 aromatic rings. The van der Waals surface area contributed by atoms with Gasteiger partial charge in [0.15, 0.2) is 0 Å². The number of nitrogens with zero attached hydrogens (tertiary/aromatic N) is 1. The fourth-order valence-corrected chi connectivity index (χ4v) is 3.30. The van der Waals surface area contributed by atoms with E-state index in [0.717, 1.165) is 25.9 Å². The van der Waals surface area contributed by atoms with Gasteiger partial charge in [-0.05, 0) is 25.3 Å². The lowest BCUT2D eigenvalue weighted by Gasteiger charge is -2.39. The van der Waals surface area contributed by atoms with Crippen molar-refractivity contribution >= 4 is 11.9 Å². The molecule has 1 N–H and O–H groups in total. The van der Waals surface area contributed by atoms with Gasteiger partial charge < -0.3 is 10.1 Å². The number of hydrogen-bond donors (Lipinski definition) is 1. The topological polar surface area (TPSA) is 58.6 Å². The molecular weight excluding hydrogens is 316 g/mol. The number of amides is 1. The first-order valence-electron chi connectivity index (χ1n) is 8.97. The Morgan fingerprint density at radius 1 is 1.28 bits per heavy atom. The zero-order valence-electron chi connectivity index (χ0n) is 15.7. The van der Waals surface area contributed by atoms with Crippen LogP contribution in [0.1, 0.15) is 45.6 Å². The second-order valence-corrected chi connectivity index (χ2v) is 7.64. The third kappa shape index (κ3) is 5.56.